The van der Waals surface area contributed by atoms with Crippen molar-refractivity contribution in [2.45, 2.75) is 13.5 Å². The van der Waals surface area contributed by atoms with E-state index in [2.05, 4.69) is 46.9 Å². The van der Waals surface area contributed by atoms with Crippen molar-refractivity contribution in [2.24, 2.45) is 0 Å². The number of benzene rings is 2. The lowest BCUT2D eigenvalue weighted by atomic mass is 10.2. The third-order valence-corrected chi connectivity index (χ3v) is 3.57. The molecule has 2 N–H and O–H groups in total. The second-order valence-electron chi connectivity index (χ2n) is 5.35. The average molecular weight is 322 g/mol. The van der Waals surface area contributed by atoms with Gasteiger partial charge in [-0.15, -0.1) is 0 Å². The van der Waals surface area contributed by atoms with Crippen LogP contribution < -0.4 is 10.6 Å². The Labute approximate surface area is 141 Å². The van der Waals surface area contributed by atoms with Crippen LogP contribution in [0.15, 0.2) is 67.0 Å². The molecule has 0 atom stereocenters. The standard InChI is InChI=1S/C18H18N4S/c1-14-5-2-7-16(11-14)20-18(23)21-17-8-3-6-15(12-17)13-22-10-4-9-19-22/h2-12H,13H2,1H3,(H2,20,21,23). The van der Waals surface area contributed by atoms with Gasteiger partial charge < -0.3 is 10.6 Å². The fourth-order valence-electron chi connectivity index (χ4n) is 2.34. The minimum Gasteiger partial charge on any atom is -0.332 e. The lowest BCUT2D eigenvalue weighted by Crippen LogP contribution is -2.19. The summed E-state index contributed by atoms with van der Waals surface area (Å²) in [6, 6.07) is 18.2. The largest absolute Gasteiger partial charge is 0.332 e. The molecule has 0 fully saturated rings. The van der Waals surface area contributed by atoms with Crippen LogP contribution in [-0.2, 0) is 6.54 Å². The summed E-state index contributed by atoms with van der Waals surface area (Å²) < 4.78 is 1.89. The van der Waals surface area contributed by atoms with Crippen LogP contribution in [0.5, 0.6) is 0 Å². The molecule has 0 radical (unpaired) electrons. The third kappa shape index (κ3) is 4.40. The Morgan fingerprint density at radius 1 is 1.04 bits per heavy atom. The van der Waals surface area contributed by atoms with Crippen molar-refractivity contribution in [2.75, 3.05) is 10.6 Å². The molecule has 0 bridgehead atoms. The molecule has 5 heteroatoms. The topological polar surface area (TPSA) is 41.9 Å². The van der Waals surface area contributed by atoms with E-state index in [0.717, 1.165) is 23.5 Å². The van der Waals surface area contributed by atoms with Crippen molar-refractivity contribution < 1.29 is 0 Å². The monoisotopic (exact) mass is 322 g/mol. The van der Waals surface area contributed by atoms with Crippen LogP contribution in [0.2, 0.25) is 0 Å². The summed E-state index contributed by atoms with van der Waals surface area (Å²) in [5.41, 5.74) is 4.30. The van der Waals surface area contributed by atoms with E-state index in [4.69, 9.17) is 12.2 Å². The van der Waals surface area contributed by atoms with Gasteiger partial charge in [-0.3, -0.25) is 4.68 Å². The summed E-state index contributed by atoms with van der Waals surface area (Å²) in [6.07, 6.45) is 3.73. The number of hydrogen-bond donors (Lipinski definition) is 2. The van der Waals surface area contributed by atoms with Gasteiger partial charge in [-0.05, 0) is 60.6 Å². The van der Waals surface area contributed by atoms with Crippen LogP contribution in [0.25, 0.3) is 0 Å². The molecule has 0 amide bonds. The van der Waals surface area contributed by atoms with Crippen LogP contribution in [0.4, 0.5) is 11.4 Å². The van der Waals surface area contributed by atoms with Gasteiger partial charge in [0, 0.05) is 23.8 Å². The van der Waals surface area contributed by atoms with Crippen LogP contribution in [0, 0.1) is 6.92 Å². The summed E-state index contributed by atoms with van der Waals surface area (Å²) in [4.78, 5) is 0. The summed E-state index contributed by atoms with van der Waals surface area (Å²) in [7, 11) is 0. The normalized spacial score (nSPS) is 10.3. The van der Waals surface area contributed by atoms with E-state index in [1.165, 1.54) is 5.56 Å². The lowest BCUT2D eigenvalue weighted by molar-refractivity contribution is 0.687. The van der Waals surface area contributed by atoms with E-state index in [0.29, 0.717) is 5.11 Å². The highest BCUT2D eigenvalue weighted by molar-refractivity contribution is 7.80. The fraction of sp³-hybridized carbons (Fsp3) is 0.111. The first-order valence-corrected chi connectivity index (χ1v) is 7.81. The minimum atomic E-state index is 0.576. The molecule has 0 unspecified atom stereocenters. The summed E-state index contributed by atoms with van der Waals surface area (Å²) in [5.74, 6) is 0. The van der Waals surface area contributed by atoms with E-state index >= 15 is 0 Å². The Morgan fingerprint density at radius 3 is 2.48 bits per heavy atom. The van der Waals surface area contributed by atoms with Crippen LogP contribution in [0.1, 0.15) is 11.1 Å². The Bertz CT molecular complexity index is 796. The first-order chi connectivity index (χ1) is 11.2. The molecule has 23 heavy (non-hydrogen) atoms. The Morgan fingerprint density at radius 2 is 1.78 bits per heavy atom. The first-order valence-electron chi connectivity index (χ1n) is 7.40. The van der Waals surface area contributed by atoms with Gasteiger partial charge in [-0.25, -0.2) is 0 Å². The Kier molecular flexibility index (Phi) is 4.68. The highest BCUT2D eigenvalue weighted by Crippen LogP contribution is 2.14. The van der Waals surface area contributed by atoms with Crippen LogP contribution >= 0.6 is 12.2 Å². The molecule has 3 rings (SSSR count). The van der Waals surface area contributed by atoms with E-state index in [1.807, 2.05) is 41.2 Å². The van der Waals surface area contributed by atoms with Crippen molar-refractivity contribution in [3.8, 4) is 0 Å². The molecule has 2 aromatic carbocycles. The molecule has 0 aliphatic carbocycles. The summed E-state index contributed by atoms with van der Waals surface area (Å²) in [5, 5.41) is 11.2. The van der Waals surface area contributed by atoms with Gasteiger partial charge in [-0.2, -0.15) is 5.10 Å². The molecular formula is C18H18N4S. The van der Waals surface area contributed by atoms with E-state index < -0.39 is 0 Å². The molecule has 0 aliphatic heterocycles. The molecule has 0 saturated heterocycles. The van der Waals surface area contributed by atoms with E-state index in [-0.39, 0.29) is 0 Å². The van der Waals surface area contributed by atoms with Gasteiger partial charge in [0.15, 0.2) is 5.11 Å². The van der Waals surface area contributed by atoms with Crippen molar-refractivity contribution in [1.82, 2.24) is 9.78 Å². The lowest BCUT2D eigenvalue weighted by Gasteiger charge is -2.12. The number of nitrogens with zero attached hydrogens (tertiary/aromatic N) is 2. The minimum absolute atomic E-state index is 0.576. The van der Waals surface area contributed by atoms with Crippen LogP contribution in [0.3, 0.4) is 0 Å². The van der Waals surface area contributed by atoms with Gasteiger partial charge in [0.1, 0.15) is 0 Å². The van der Waals surface area contributed by atoms with E-state index in [1.54, 1.807) is 6.20 Å². The van der Waals surface area contributed by atoms with E-state index in [9.17, 15) is 0 Å². The molecule has 1 heterocycles. The molecular weight excluding hydrogens is 304 g/mol. The predicted molar refractivity (Wildman–Crippen MR) is 98.8 cm³/mol. The molecule has 4 nitrogen and oxygen atoms in total. The number of aromatic nitrogens is 2. The molecule has 0 aliphatic rings. The van der Waals surface area contributed by atoms with Gasteiger partial charge in [0.2, 0.25) is 0 Å². The fourth-order valence-corrected chi connectivity index (χ4v) is 2.58. The van der Waals surface area contributed by atoms with Crippen molar-refractivity contribution in [3.63, 3.8) is 0 Å². The highest BCUT2D eigenvalue weighted by atomic mass is 32.1. The second kappa shape index (κ2) is 7.07. The van der Waals surface area contributed by atoms with Crippen molar-refractivity contribution in [1.29, 1.82) is 0 Å². The molecule has 0 saturated carbocycles. The number of rotatable bonds is 4. The number of hydrogen-bond acceptors (Lipinski definition) is 2. The second-order valence-corrected chi connectivity index (χ2v) is 5.76. The number of anilines is 2. The average Bonchev–Trinajstić information content (AvgIpc) is 3.00. The molecule has 3 aromatic rings. The quantitative estimate of drug-likeness (QED) is 0.711. The third-order valence-electron chi connectivity index (χ3n) is 3.36. The summed E-state index contributed by atoms with van der Waals surface area (Å²) >= 11 is 5.38. The number of thiocarbonyl (C=S) groups is 1. The van der Waals surface area contributed by atoms with Gasteiger partial charge in [0.05, 0.1) is 6.54 Å². The zero-order valence-electron chi connectivity index (χ0n) is 12.9. The maximum atomic E-state index is 5.38. The smallest absolute Gasteiger partial charge is 0.175 e. The molecule has 1 aromatic heterocycles. The Balaban J connectivity index is 1.64. The number of nitrogens with one attached hydrogen (secondary N) is 2. The first kappa shape index (κ1) is 15.2. The van der Waals surface area contributed by atoms with Gasteiger partial charge in [0.25, 0.3) is 0 Å². The zero-order valence-corrected chi connectivity index (χ0v) is 13.7. The molecule has 0 spiro atoms. The van der Waals surface area contributed by atoms with Crippen LogP contribution in [-0.4, -0.2) is 14.9 Å². The maximum Gasteiger partial charge on any atom is 0.175 e. The van der Waals surface area contributed by atoms with Gasteiger partial charge >= 0.3 is 0 Å². The summed E-state index contributed by atoms with van der Waals surface area (Å²) in [6.45, 7) is 2.79. The Hall–Kier alpha value is -2.66. The molecule has 116 valence electrons. The number of aryl methyl sites for hydroxylation is 1. The SMILES string of the molecule is Cc1cccc(NC(=S)Nc2cccc(Cn3cccn3)c2)c1. The zero-order chi connectivity index (χ0) is 16.1. The predicted octanol–water partition coefficient (Wildman–Crippen LogP) is 4.05. The highest BCUT2D eigenvalue weighted by Gasteiger charge is 2.01. The maximum absolute atomic E-state index is 5.38. The van der Waals surface area contributed by atoms with Crippen molar-refractivity contribution >= 4 is 28.7 Å². The van der Waals surface area contributed by atoms with Crippen molar-refractivity contribution in [3.05, 3.63) is 78.1 Å². The van der Waals surface area contributed by atoms with Gasteiger partial charge in [-0.1, -0.05) is 24.3 Å².